The second-order valence-corrected chi connectivity index (χ2v) is 4.71. The molecule has 1 aromatic heterocycles. The van der Waals surface area contributed by atoms with E-state index >= 15 is 0 Å². The minimum atomic E-state index is -0.487. The summed E-state index contributed by atoms with van der Waals surface area (Å²) in [4.78, 5) is 15.8. The number of anilines is 3. The fourth-order valence-corrected chi connectivity index (χ4v) is 2.11. The molecule has 2 rings (SSSR count). The first-order valence-corrected chi connectivity index (χ1v) is 6.77. The fourth-order valence-electron chi connectivity index (χ4n) is 2.11. The van der Waals surface area contributed by atoms with Gasteiger partial charge in [-0.3, -0.25) is 0 Å². The molecule has 21 heavy (non-hydrogen) atoms. The van der Waals surface area contributed by atoms with Crippen molar-refractivity contribution in [2.24, 2.45) is 0 Å². The van der Waals surface area contributed by atoms with Crippen LogP contribution >= 0.6 is 0 Å². The first-order valence-electron chi connectivity index (χ1n) is 6.77. The standard InChI is InChI=1S/C16H19N3O2/c1-4-11-7-5-6-10(2)14(11)19-15-12(17)8-9-13(18-15)16(20)21-3/h5-9H,4,17H2,1-3H3,(H,18,19). The molecule has 0 atom stereocenters. The highest BCUT2D eigenvalue weighted by molar-refractivity contribution is 5.89. The van der Waals surface area contributed by atoms with E-state index in [2.05, 4.69) is 28.0 Å². The smallest absolute Gasteiger partial charge is 0.356 e. The number of nitrogens with two attached hydrogens (primary N) is 1. The molecule has 0 aliphatic heterocycles. The van der Waals surface area contributed by atoms with Crippen molar-refractivity contribution in [3.63, 3.8) is 0 Å². The van der Waals surface area contributed by atoms with Gasteiger partial charge >= 0.3 is 5.97 Å². The van der Waals surface area contributed by atoms with Crippen LogP contribution in [0.25, 0.3) is 0 Å². The average Bonchev–Trinajstić information content (AvgIpc) is 2.50. The monoisotopic (exact) mass is 285 g/mol. The average molecular weight is 285 g/mol. The molecule has 0 bridgehead atoms. The third kappa shape index (κ3) is 3.13. The number of benzene rings is 1. The van der Waals surface area contributed by atoms with Crippen molar-refractivity contribution in [3.05, 3.63) is 47.2 Å². The molecule has 0 amide bonds. The first kappa shape index (κ1) is 14.8. The summed E-state index contributed by atoms with van der Waals surface area (Å²) < 4.78 is 4.68. The summed E-state index contributed by atoms with van der Waals surface area (Å²) in [6, 6.07) is 9.27. The minimum absolute atomic E-state index is 0.223. The molecule has 0 fully saturated rings. The van der Waals surface area contributed by atoms with Gasteiger partial charge in [0.15, 0.2) is 11.5 Å². The number of hydrogen-bond acceptors (Lipinski definition) is 5. The molecule has 1 heterocycles. The Hall–Kier alpha value is -2.56. The lowest BCUT2D eigenvalue weighted by Gasteiger charge is -2.15. The maximum atomic E-state index is 11.6. The van der Waals surface area contributed by atoms with Gasteiger partial charge in [-0.25, -0.2) is 9.78 Å². The molecule has 0 radical (unpaired) electrons. The lowest BCUT2D eigenvalue weighted by atomic mass is 10.1. The zero-order valence-corrected chi connectivity index (χ0v) is 12.4. The van der Waals surface area contributed by atoms with Crippen LogP contribution in [-0.2, 0) is 11.2 Å². The molecule has 110 valence electrons. The number of carbonyl (C=O) groups excluding carboxylic acids is 1. The van der Waals surface area contributed by atoms with Crippen LogP contribution in [0.4, 0.5) is 17.2 Å². The number of nitrogens with one attached hydrogen (secondary N) is 1. The van der Waals surface area contributed by atoms with E-state index < -0.39 is 5.97 Å². The predicted molar refractivity (Wildman–Crippen MR) is 83.8 cm³/mol. The Kier molecular flexibility index (Phi) is 4.42. The van der Waals surface area contributed by atoms with Gasteiger partial charge in [-0.05, 0) is 36.6 Å². The summed E-state index contributed by atoms with van der Waals surface area (Å²) >= 11 is 0. The number of nitrogen functional groups attached to an aromatic ring is 1. The number of ether oxygens (including phenoxy) is 1. The molecule has 1 aromatic carbocycles. The van der Waals surface area contributed by atoms with Gasteiger partial charge in [0.05, 0.1) is 12.8 Å². The maximum absolute atomic E-state index is 11.6. The van der Waals surface area contributed by atoms with Gasteiger partial charge in [0.2, 0.25) is 0 Å². The Morgan fingerprint density at radius 3 is 2.76 bits per heavy atom. The van der Waals surface area contributed by atoms with E-state index in [1.807, 2.05) is 19.1 Å². The number of rotatable bonds is 4. The van der Waals surface area contributed by atoms with Crippen molar-refractivity contribution in [2.45, 2.75) is 20.3 Å². The van der Waals surface area contributed by atoms with Crippen molar-refractivity contribution in [3.8, 4) is 0 Å². The van der Waals surface area contributed by atoms with Crippen LogP contribution in [0, 0.1) is 6.92 Å². The van der Waals surface area contributed by atoms with Crippen molar-refractivity contribution in [1.29, 1.82) is 0 Å². The van der Waals surface area contributed by atoms with Crippen LogP contribution in [0.3, 0.4) is 0 Å². The summed E-state index contributed by atoms with van der Waals surface area (Å²) in [5, 5.41) is 3.24. The molecule has 0 unspecified atom stereocenters. The number of aryl methyl sites for hydroxylation is 2. The van der Waals surface area contributed by atoms with E-state index in [9.17, 15) is 4.79 Å². The molecule has 0 saturated heterocycles. The van der Waals surface area contributed by atoms with Gasteiger partial charge in [0.1, 0.15) is 0 Å². The van der Waals surface area contributed by atoms with E-state index in [0.29, 0.717) is 11.5 Å². The molecular weight excluding hydrogens is 266 g/mol. The van der Waals surface area contributed by atoms with Gasteiger partial charge in [-0.15, -0.1) is 0 Å². The Bertz CT molecular complexity index is 669. The number of carbonyl (C=O) groups is 1. The van der Waals surface area contributed by atoms with Gasteiger partial charge in [-0.1, -0.05) is 25.1 Å². The number of hydrogen-bond donors (Lipinski definition) is 2. The Labute approximate surface area is 124 Å². The number of aromatic nitrogens is 1. The zero-order valence-electron chi connectivity index (χ0n) is 12.4. The molecule has 3 N–H and O–H groups in total. The number of pyridine rings is 1. The topological polar surface area (TPSA) is 77.2 Å². The second-order valence-electron chi connectivity index (χ2n) is 4.71. The Balaban J connectivity index is 2.42. The van der Waals surface area contributed by atoms with Gasteiger partial charge in [0, 0.05) is 5.69 Å². The molecular formula is C16H19N3O2. The van der Waals surface area contributed by atoms with Crippen molar-refractivity contribution in [2.75, 3.05) is 18.2 Å². The normalized spacial score (nSPS) is 10.2. The third-order valence-electron chi connectivity index (χ3n) is 3.30. The van der Waals surface area contributed by atoms with E-state index in [-0.39, 0.29) is 5.69 Å². The number of esters is 1. The Morgan fingerprint density at radius 1 is 1.33 bits per heavy atom. The maximum Gasteiger partial charge on any atom is 0.356 e. The summed E-state index contributed by atoms with van der Waals surface area (Å²) in [6.07, 6.45) is 0.889. The van der Waals surface area contributed by atoms with Crippen LogP contribution < -0.4 is 11.1 Å². The van der Waals surface area contributed by atoms with E-state index in [1.54, 1.807) is 12.1 Å². The summed E-state index contributed by atoms with van der Waals surface area (Å²) in [5.74, 6) is -0.0274. The van der Waals surface area contributed by atoms with Crippen LogP contribution in [-0.4, -0.2) is 18.1 Å². The quantitative estimate of drug-likeness (QED) is 0.844. The molecule has 5 heteroatoms. The lowest BCUT2D eigenvalue weighted by molar-refractivity contribution is 0.0594. The predicted octanol–water partition coefficient (Wildman–Crippen LogP) is 3.06. The number of para-hydroxylation sites is 1. The van der Waals surface area contributed by atoms with Crippen LogP contribution in [0.1, 0.15) is 28.5 Å². The summed E-state index contributed by atoms with van der Waals surface area (Å²) in [5.41, 5.74) is 9.88. The van der Waals surface area contributed by atoms with Crippen molar-refractivity contribution in [1.82, 2.24) is 4.98 Å². The lowest BCUT2D eigenvalue weighted by Crippen LogP contribution is -2.09. The molecule has 0 aliphatic carbocycles. The van der Waals surface area contributed by atoms with Crippen molar-refractivity contribution >= 4 is 23.2 Å². The van der Waals surface area contributed by atoms with Crippen LogP contribution in [0.5, 0.6) is 0 Å². The first-order chi connectivity index (χ1) is 10.1. The van der Waals surface area contributed by atoms with E-state index in [1.165, 1.54) is 12.7 Å². The van der Waals surface area contributed by atoms with Gasteiger partial charge in [0.25, 0.3) is 0 Å². The molecule has 2 aromatic rings. The molecule has 0 aliphatic rings. The molecule has 0 saturated carbocycles. The third-order valence-corrected chi connectivity index (χ3v) is 3.30. The highest BCUT2D eigenvalue weighted by atomic mass is 16.5. The van der Waals surface area contributed by atoms with Gasteiger partial charge < -0.3 is 15.8 Å². The Morgan fingerprint density at radius 2 is 2.10 bits per heavy atom. The summed E-state index contributed by atoms with van der Waals surface area (Å²) in [6.45, 7) is 4.10. The fraction of sp³-hybridized carbons (Fsp3) is 0.250. The minimum Gasteiger partial charge on any atom is -0.464 e. The molecule has 0 spiro atoms. The largest absolute Gasteiger partial charge is 0.464 e. The van der Waals surface area contributed by atoms with E-state index in [4.69, 9.17) is 5.73 Å². The number of nitrogens with zero attached hydrogens (tertiary/aromatic N) is 1. The highest BCUT2D eigenvalue weighted by Crippen LogP contribution is 2.27. The number of methoxy groups -OCH3 is 1. The van der Waals surface area contributed by atoms with Crippen molar-refractivity contribution < 1.29 is 9.53 Å². The highest BCUT2D eigenvalue weighted by Gasteiger charge is 2.12. The van der Waals surface area contributed by atoms with E-state index in [0.717, 1.165) is 17.7 Å². The van der Waals surface area contributed by atoms with Gasteiger partial charge in [-0.2, -0.15) is 0 Å². The molecule has 5 nitrogen and oxygen atoms in total. The zero-order chi connectivity index (χ0) is 15.4. The SMILES string of the molecule is CCc1cccc(C)c1Nc1nc(C(=O)OC)ccc1N. The second kappa shape index (κ2) is 6.26. The van der Waals surface area contributed by atoms with Crippen LogP contribution in [0.2, 0.25) is 0 Å². The summed E-state index contributed by atoms with van der Waals surface area (Å²) in [7, 11) is 1.32. The van der Waals surface area contributed by atoms with Crippen LogP contribution in [0.15, 0.2) is 30.3 Å².